The van der Waals surface area contributed by atoms with Crippen molar-refractivity contribution in [2.45, 2.75) is 25.8 Å². The molecule has 92 valence electrons. The fourth-order valence-corrected chi connectivity index (χ4v) is 2.05. The van der Waals surface area contributed by atoms with E-state index in [1.165, 1.54) is 11.3 Å². The molecule has 0 amide bonds. The average molecular weight is 231 g/mol. The largest absolute Gasteiger partial charge is 0.373 e. The van der Waals surface area contributed by atoms with Gasteiger partial charge in [-0.2, -0.15) is 5.26 Å². The summed E-state index contributed by atoms with van der Waals surface area (Å²) in [6.45, 7) is 2.95. The van der Waals surface area contributed by atoms with Crippen LogP contribution in [0.4, 0.5) is 5.69 Å². The maximum absolute atomic E-state index is 8.64. The van der Waals surface area contributed by atoms with Crippen molar-refractivity contribution >= 4 is 5.69 Å². The number of rotatable bonds is 6. The molecular formula is C14H21N3. The summed E-state index contributed by atoms with van der Waals surface area (Å²) in [6, 6.07) is 10.9. The quantitative estimate of drug-likeness (QED) is 0.818. The van der Waals surface area contributed by atoms with Crippen molar-refractivity contribution in [3.05, 3.63) is 29.8 Å². The van der Waals surface area contributed by atoms with Gasteiger partial charge in [-0.25, -0.2) is 0 Å². The Morgan fingerprint density at radius 1 is 1.41 bits per heavy atom. The summed E-state index contributed by atoms with van der Waals surface area (Å²) in [5.41, 5.74) is 2.52. The highest BCUT2D eigenvalue weighted by atomic mass is 15.1. The lowest BCUT2D eigenvalue weighted by molar-refractivity contribution is 0.576. The van der Waals surface area contributed by atoms with Crippen LogP contribution in [0.2, 0.25) is 0 Å². The number of para-hydroxylation sites is 1. The van der Waals surface area contributed by atoms with Gasteiger partial charge < -0.3 is 10.2 Å². The highest BCUT2D eigenvalue weighted by Gasteiger charge is 2.13. The van der Waals surface area contributed by atoms with E-state index >= 15 is 0 Å². The summed E-state index contributed by atoms with van der Waals surface area (Å²) in [5.74, 6) is 0. The summed E-state index contributed by atoms with van der Waals surface area (Å²) in [4.78, 5) is 2.15. The second-order valence-corrected chi connectivity index (χ2v) is 4.14. The molecule has 1 unspecified atom stereocenters. The maximum Gasteiger partial charge on any atom is 0.0640 e. The van der Waals surface area contributed by atoms with E-state index in [0.717, 1.165) is 13.0 Å². The average Bonchev–Trinajstić information content (AvgIpc) is 2.38. The van der Waals surface area contributed by atoms with E-state index in [-0.39, 0.29) is 0 Å². The molecule has 0 spiro atoms. The first-order valence-electron chi connectivity index (χ1n) is 6.08. The molecule has 3 nitrogen and oxygen atoms in total. The van der Waals surface area contributed by atoms with E-state index in [1.54, 1.807) is 0 Å². The normalized spacial score (nSPS) is 11.9. The SMILES string of the molecule is CCC(NC)c1ccccc1N(C)CCC#N. The van der Waals surface area contributed by atoms with Gasteiger partial charge in [0.15, 0.2) is 0 Å². The molecule has 0 bridgehead atoms. The summed E-state index contributed by atoms with van der Waals surface area (Å²) in [7, 11) is 4.03. The van der Waals surface area contributed by atoms with Crippen LogP contribution in [0.25, 0.3) is 0 Å². The second-order valence-electron chi connectivity index (χ2n) is 4.14. The van der Waals surface area contributed by atoms with Gasteiger partial charge >= 0.3 is 0 Å². The van der Waals surface area contributed by atoms with Gasteiger partial charge in [0.2, 0.25) is 0 Å². The topological polar surface area (TPSA) is 39.1 Å². The van der Waals surface area contributed by atoms with Crippen LogP contribution in [0.1, 0.15) is 31.4 Å². The maximum atomic E-state index is 8.64. The smallest absolute Gasteiger partial charge is 0.0640 e. The zero-order valence-corrected chi connectivity index (χ0v) is 10.9. The molecule has 0 heterocycles. The molecule has 0 saturated carbocycles. The number of nitrogens with one attached hydrogen (secondary N) is 1. The second kappa shape index (κ2) is 6.93. The molecule has 0 aliphatic heterocycles. The molecule has 0 aromatic heterocycles. The summed E-state index contributed by atoms with van der Waals surface area (Å²) >= 11 is 0. The lowest BCUT2D eigenvalue weighted by atomic mass is 10.0. The Morgan fingerprint density at radius 2 is 2.12 bits per heavy atom. The first-order valence-corrected chi connectivity index (χ1v) is 6.08. The van der Waals surface area contributed by atoms with Gasteiger partial charge in [-0.3, -0.25) is 0 Å². The van der Waals surface area contributed by atoms with Crippen molar-refractivity contribution < 1.29 is 0 Å². The third-order valence-electron chi connectivity index (χ3n) is 3.04. The zero-order chi connectivity index (χ0) is 12.7. The van der Waals surface area contributed by atoms with Gasteiger partial charge in [0.25, 0.3) is 0 Å². The lowest BCUT2D eigenvalue weighted by Gasteiger charge is -2.25. The van der Waals surface area contributed by atoms with Crippen LogP contribution in [0.3, 0.4) is 0 Å². The van der Waals surface area contributed by atoms with Gasteiger partial charge in [0.05, 0.1) is 12.5 Å². The number of hydrogen-bond donors (Lipinski definition) is 1. The van der Waals surface area contributed by atoms with E-state index in [1.807, 2.05) is 20.2 Å². The number of benzene rings is 1. The standard InChI is InChI=1S/C14H21N3/c1-4-13(16-2)12-8-5-6-9-14(12)17(3)11-7-10-15/h5-6,8-9,13,16H,4,7,11H2,1-3H3. The molecule has 1 rings (SSSR count). The van der Waals surface area contributed by atoms with Crippen LogP contribution < -0.4 is 10.2 Å². The molecular weight excluding hydrogens is 210 g/mol. The van der Waals surface area contributed by atoms with Crippen LogP contribution in [0.5, 0.6) is 0 Å². The number of anilines is 1. The number of nitrogens with zero attached hydrogens (tertiary/aromatic N) is 2. The minimum absolute atomic E-state index is 0.371. The molecule has 17 heavy (non-hydrogen) atoms. The molecule has 1 aromatic carbocycles. The van der Waals surface area contributed by atoms with E-state index in [4.69, 9.17) is 5.26 Å². The Bertz CT molecular complexity index is 377. The van der Waals surface area contributed by atoms with Crippen molar-refractivity contribution in [1.82, 2.24) is 5.32 Å². The third-order valence-corrected chi connectivity index (χ3v) is 3.04. The van der Waals surface area contributed by atoms with E-state index in [2.05, 4.69) is 41.4 Å². The van der Waals surface area contributed by atoms with E-state index < -0.39 is 0 Å². The predicted octanol–water partition coefficient (Wildman–Crippen LogP) is 2.71. The van der Waals surface area contributed by atoms with Gasteiger partial charge in [-0.05, 0) is 25.1 Å². The Kier molecular flexibility index (Phi) is 5.51. The van der Waals surface area contributed by atoms with Gasteiger partial charge in [-0.15, -0.1) is 0 Å². The van der Waals surface area contributed by atoms with Gasteiger partial charge in [-0.1, -0.05) is 25.1 Å². The van der Waals surface area contributed by atoms with Crippen LogP contribution in [-0.2, 0) is 0 Å². The number of nitriles is 1. The minimum Gasteiger partial charge on any atom is -0.373 e. The summed E-state index contributed by atoms with van der Waals surface area (Å²) < 4.78 is 0. The minimum atomic E-state index is 0.371. The van der Waals surface area contributed by atoms with Crippen molar-refractivity contribution in [2.75, 3.05) is 25.5 Å². The molecule has 0 fully saturated rings. The summed E-state index contributed by atoms with van der Waals surface area (Å²) in [6.07, 6.45) is 1.61. The predicted molar refractivity (Wildman–Crippen MR) is 72.0 cm³/mol. The Hall–Kier alpha value is -1.53. The van der Waals surface area contributed by atoms with E-state index in [0.29, 0.717) is 12.5 Å². The summed E-state index contributed by atoms with van der Waals surface area (Å²) in [5, 5.41) is 12.0. The van der Waals surface area contributed by atoms with Crippen LogP contribution in [-0.4, -0.2) is 20.6 Å². The third kappa shape index (κ3) is 3.47. The fraction of sp³-hybridized carbons (Fsp3) is 0.500. The molecule has 0 radical (unpaired) electrons. The molecule has 0 aliphatic carbocycles. The molecule has 0 aliphatic rings. The fourth-order valence-electron chi connectivity index (χ4n) is 2.05. The van der Waals surface area contributed by atoms with Crippen molar-refractivity contribution in [3.8, 4) is 6.07 Å². The molecule has 1 aromatic rings. The first-order chi connectivity index (χ1) is 8.24. The molecule has 1 N–H and O–H groups in total. The van der Waals surface area contributed by atoms with Crippen molar-refractivity contribution in [2.24, 2.45) is 0 Å². The van der Waals surface area contributed by atoms with Crippen LogP contribution >= 0.6 is 0 Å². The van der Waals surface area contributed by atoms with Crippen molar-refractivity contribution in [1.29, 1.82) is 5.26 Å². The Balaban J connectivity index is 2.94. The van der Waals surface area contributed by atoms with Gasteiger partial charge in [0, 0.05) is 25.3 Å². The highest BCUT2D eigenvalue weighted by molar-refractivity contribution is 5.54. The van der Waals surface area contributed by atoms with E-state index in [9.17, 15) is 0 Å². The molecule has 1 atom stereocenters. The monoisotopic (exact) mass is 231 g/mol. The molecule has 0 saturated heterocycles. The van der Waals surface area contributed by atoms with Crippen LogP contribution in [0.15, 0.2) is 24.3 Å². The van der Waals surface area contributed by atoms with Crippen molar-refractivity contribution in [3.63, 3.8) is 0 Å². The lowest BCUT2D eigenvalue weighted by Crippen LogP contribution is -2.23. The number of hydrogen-bond acceptors (Lipinski definition) is 3. The Morgan fingerprint density at radius 3 is 2.71 bits per heavy atom. The zero-order valence-electron chi connectivity index (χ0n) is 10.9. The highest BCUT2D eigenvalue weighted by Crippen LogP contribution is 2.27. The van der Waals surface area contributed by atoms with Crippen LogP contribution in [0, 0.1) is 11.3 Å². The Labute approximate surface area is 104 Å². The van der Waals surface area contributed by atoms with Gasteiger partial charge in [0.1, 0.15) is 0 Å². The molecule has 3 heteroatoms. The first kappa shape index (κ1) is 13.5.